The molecule has 0 aliphatic heterocycles. The van der Waals surface area contributed by atoms with Crippen molar-refractivity contribution >= 4 is 11.7 Å². The Balaban J connectivity index is 1.70. The molecule has 41 heavy (non-hydrogen) atoms. The van der Waals surface area contributed by atoms with Crippen LogP contribution in [-0.4, -0.2) is 30.8 Å². The average Bonchev–Trinajstić information content (AvgIpc) is 2.98. The number of carbonyl (C=O) groups excluding carboxylic acids is 1. The van der Waals surface area contributed by atoms with Gasteiger partial charge in [0.15, 0.2) is 0 Å². The second-order valence-electron chi connectivity index (χ2n) is 12.1. The molecule has 5 nitrogen and oxygen atoms in total. The van der Waals surface area contributed by atoms with Crippen LogP contribution in [0.4, 0.5) is 10.5 Å². The molecule has 2 amide bonds. The molecule has 4 N–H and O–H groups in total. The van der Waals surface area contributed by atoms with Gasteiger partial charge in [0.05, 0.1) is 0 Å². The number of hydrogen-bond donors (Lipinski definition) is 4. The maximum atomic E-state index is 11.9. The van der Waals surface area contributed by atoms with Gasteiger partial charge in [-0.1, -0.05) is 148 Å². The first kappa shape index (κ1) is 37.1. The van der Waals surface area contributed by atoms with Crippen molar-refractivity contribution in [1.82, 2.24) is 10.6 Å². The Morgan fingerprint density at radius 1 is 0.488 bits per heavy atom. The largest absolute Gasteiger partial charge is 0.508 e. The van der Waals surface area contributed by atoms with Crippen LogP contribution in [0.5, 0.6) is 5.75 Å². The number of amides is 2. The number of unbranched alkanes of at least 4 members (excludes halogenated alkanes) is 23. The second-order valence-corrected chi connectivity index (χ2v) is 12.1. The highest BCUT2D eigenvalue weighted by Gasteiger charge is 2.00. The van der Waals surface area contributed by atoms with Crippen molar-refractivity contribution in [2.45, 2.75) is 167 Å². The average molecular weight is 574 g/mol. The quantitative estimate of drug-likeness (QED) is 0.0546. The van der Waals surface area contributed by atoms with Crippen molar-refractivity contribution < 1.29 is 9.90 Å². The van der Waals surface area contributed by atoms with Crippen LogP contribution in [0.3, 0.4) is 0 Å². The zero-order valence-corrected chi connectivity index (χ0v) is 27.0. The van der Waals surface area contributed by atoms with Crippen LogP contribution < -0.4 is 16.0 Å². The van der Waals surface area contributed by atoms with Gasteiger partial charge in [-0.3, -0.25) is 0 Å². The minimum absolute atomic E-state index is 0.00543. The number of nitrogens with one attached hydrogen (secondary N) is 3. The van der Waals surface area contributed by atoms with Gasteiger partial charge in [0.1, 0.15) is 5.75 Å². The SMILES string of the molecule is CCCCCCCCCCCCCCCCCCNC(=O)NCCCCCCCCCCCNc1ccc(O)cc1. The lowest BCUT2D eigenvalue weighted by atomic mass is 10.0. The van der Waals surface area contributed by atoms with Gasteiger partial charge in [-0.25, -0.2) is 4.79 Å². The molecule has 0 bridgehead atoms. The number of rotatable bonds is 30. The van der Waals surface area contributed by atoms with Crippen molar-refractivity contribution in [1.29, 1.82) is 0 Å². The van der Waals surface area contributed by atoms with Crippen LogP contribution in [0.25, 0.3) is 0 Å². The van der Waals surface area contributed by atoms with Gasteiger partial charge >= 0.3 is 6.03 Å². The maximum Gasteiger partial charge on any atom is 0.314 e. The van der Waals surface area contributed by atoms with Crippen molar-refractivity contribution in [3.63, 3.8) is 0 Å². The van der Waals surface area contributed by atoms with Gasteiger partial charge in [-0.15, -0.1) is 0 Å². The van der Waals surface area contributed by atoms with E-state index in [9.17, 15) is 9.90 Å². The molecule has 0 heterocycles. The van der Waals surface area contributed by atoms with E-state index in [1.807, 2.05) is 12.1 Å². The van der Waals surface area contributed by atoms with Crippen molar-refractivity contribution in [2.24, 2.45) is 0 Å². The lowest BCUT2D eigenvalue weighted by molar-refractivity contribution is 0.240. The molecule has 0 radical (unpaired) electrons. The number of hydrogen-bond acceptors (Lipinski definition) is 3. The molecule has 0 unspecified atom stereocenters. The van der Waals surface area contributed by atoms with Crippen molar-refractivity contribution in [2.75, 3.05) is 25.0 Å². The number of urea groups is 1. The van der Waals surface area contributed by atoms with E-state index in [0.717, 1.165) is 38.2 Å². The van der Waals surface area contributed by atoms with Crippen LogP contribution in [0.15, 0.2) is 24.3 Å². The molecular formula is C36H67N3O2. The molecular weight excluding hydrogens is 506 g/mol. The molecule has 5 heteroatoms. The molecule has 0 fully saturated rings. The number of anilines is 1. The van der Waals surface area contributed by atoms with Crippen LogP contribution in [0.1, 0.15) is 167 Å². The third kappa shape index (κ3) is 26.7. The summed E-state index contributed by atoms with van der Waals surface area (Å²) in [7, 11) is 0. The van der Waals surface area contributed by atoms with E-state index >= 15 is 0 Å². The molecule has 0 atom stereocenters. The smallest absolute Gasteiger partial charge is 0.314 e. The highest BCUT2D eigenvalue weighted by molar-refractivity contribution is 5.73. The minimum Gasteiger partial charge on any atom is -0.508 e. The summed E-state index contributed by atoms with van der Waals surface area (Å²) in [6.45, 7) is 4.87. The van der Waals surface area contributed by atoms with Gasteiger partial charge in [0.2, 0.25) is 0 Å². The van der Waals surface area contributed by atoms with E-state index in [1.54, 1.807) is 12.1 Å². The van der Waals surface area contributed by atoms with Gasteiger partial charge in [0.25, 0.3) is 0 Å². The summed E-state index contributed by atoms with van der Waals surface area (Å²) in [5.74, 6) is 0.313. The molecule has 0 aliphatic rings. The van der Waals surface area contributed by atoms with E-state index in [-0.39, 0.29) is 6.03 Å². The topological polar surface area (TPSA) is 73.4 Å². The van der Waals surface area contributed by atoms with E-state index in [1.165, 1.54) is 148 Å². The van der Waals surface area contributed by atoms with Crippen LogP contribution in [0.2, 0.25) is 0 Å². The Morgan fingerprint density at radius 2 is 0.805 bits per heavy atom. The van der Waals surface area contributed by atoms with Gasteiger partial charge in [0, 0.05) is 25.3 Å². The summed E-state index contributed by atoms with van der Waals surface area (Å²) < 4.78 is 0. The molecule has 0 aliphatic carbocycles. The highest BCUT2D eigenvalue weighted by atomic mass is 16.3. The zero-order valence-electron chi connectivity index (χ0n) is 27.0. The summed E-state index contributed by atoms with van der Waals surface area (Å²) in [5.41, 5.74) is 1.07. The second kappa shape index (κ2) is 29.6. The summed E-state index contributed by atoms with van der Waals surface area (Å²) in [5, 5.41) is 18.7. The van der Waals surface area contributed by atoms with E-state index in [0.29, 0.717) is 5.75 Å². The van der Waals surface area contributed by atoms with Crippen LogP contribution in [0, 0.1) is 0 Å². The fourth-order valence-corrected chi connectivity index (χ4v) is 5.44. The number of carbonyl (C=O) groups is 1. The summed E-state index contributed by atoms with van der Waals surface area (Å²) in [6.07, 6.45) is 33.3. The Hall–Kier alpha value is -1.91. The fraction of sp³-hybridized carbons (Fsp3) is 0.806. The predicted octanol–water partition coefficient (Wildman–Crippen LogP) is 10.9. The Kier molecular flexibility index (Phi) is 26.8. The molecule has 1 aromatic rings. The lowest BCUT2D eigenvalue weighted by Crippen LogP contribution is -2.36. The molecule has 0 saturated carbocycles. The maximum absolute atomic E-state index is 11.9. The highest BCUT2D eigenvalue weighted by Crippen LogP contribution is 2.15. The Bertz CT molecular complexity index is 680. The summed E-state index contributed by atoms with van der Waals surface area (Å²) in [4.78, 5) is 11.9. The Morgan fingerprint density at radius 3 is 1.17 bits per heavy atom. The molecule has 0 saturated heterocycles. The minimum atomic E-state index is 0.00543. The van der Waals surface area contributed by atoms with E-state index in [2.05, 4.69) is 22.9 Å². The number of phenols is 1. The van der Waals surface area contributed by atoms with E-state index in [4.69, 9.17) is 0 Å². The standard InChI is InChI=1S/C36H67N3O2/c1-2-3-4-5-6-7-8-9-10-11-12-13-15-19-22-25-32-38-36(41)39-33-26-23-20-17-14-16-18-21-24-31-37-34-27-29-35(40)30-28-34/h27-30,37,40H,2-26,31-33H2,1H3,(H2,38,39,41). The summed E-state index contributed by atoms with van der Waals surface area (Å²) in [6, 6.07) is 7.27. The summed E-state index contributed by atoms with van der Waals surface area (Å²) >= 11 is 0. The molecule has 1 aromatic carbocycles. The molecule has 0 aromatic heterocycles. The first-order valence-corrected chi connectivity index (χ1v) is 17.8. The third-order valence-electron chi connectivity index (χ3n) is 8.15. The van der Waals surface area contributed by atoms with Gasteiger partial charge in [-0.05, 0) is 43.5 Å². The fourth-order valence-electron chi connectivity index (χ4n) is 5.44. The van der Waals surface area contributed by atoms with Crippen molar-refractivity contribution in [3.8, 4) is 5.75 Å². The number of aromatic hydroxyl groups is 1. The molecule has 1 rings (SSSR count). The van der Waals surface area contributed by atoms with Crippen LogP contribution >= 0.6 is 0 Å². The molecule has 238 valence electrons. The monoisotopic (exact) mass is 574 g/mol. The normalized spacial score (nSPS) is 11.0. The third-order valence-corrected chi connectivity index (χ3v) is 8.15. The van der Waals surface area contributed by atoms with Gasteiger partial charge < -0.3 is 21.1 Å². The first-order valence-electron chi connectivity index (χ1n) is 17.8. The number of phenolic OH excluding ortho intramolecular Hbond substituents is 1. The van der Waals surface area contributed by atoms with Gasteiger partial charge in [-0.2, -0.15) is 0 Å². The first-order chi connectivity index (χ1) is 20.2. The lowest BCUT2D eigenvalue weighted by Gasteiger charge is -2.08. The zero-order chi connectivity index (χ0) is 29.5. The van der Waals surface area contributed by atoms with Crippen molar-refractivity contribution in [3.05, 3.63) is 24.3 Å². The van der Waals surface area contributed by atoms with Crippen LogP contribution in [-0.2, 0) is 0 Å². The Labute approximate surface area is 254 Å². The van der Waals surface area contributed by atoms with E-state index < -0.39 is 0 Å². The predicted molar refractivity (Wildman–Crippen MR) is 179 cm³/mol. The molecule has 0 spiro atoms. The number of benzene rings is 1.